The van der Waals surface area contributed by atoms with Crippen LogP contribution in [0, 0.1) is 4.77 Å². The number of fused-ring (bicyclic) bond motifs is 2. The summed E-state index contributed by atoms with van der Waals surface area (Å²) in [6, 6.07) is 2.92. The number of hydrogen-bond acceptors (Lipinski definition) is 3. The van der Waals surface area contributed by atoms with Crippen molar-refractivity contribution < 1.29 is 4.90 Å². The predicted octanol–water partition coefficient (Wildman–Crippen LogP) is 2.75. The summed E-state index contributed by atoms with van der Waals surface area (Å²) in [5.74, 6) is 1.20. The van der Waals surface area contributed by atoms with E-state index in [1.54, 1.807) is 15.3 Å². The molecule has 2 aliphatic heterocycles. The Morgan fingerprint density at radius 2 is 2.26 bits per heavy atom. The maximum atomic E-state index is 5.73. The van der Waals surface area contributed by atoms with E-state index < -0.39 is 0 Å². The van der Waals surface area contributed by atoms with E-state index in [-0.39, 0.29) is 0 Å². The lowest BCUT2D eigenvalue weighted by molar-refractivity contribution is -0.956. The van der Waals surface area contributed by atoms with Crippen LogP contribution in [0.2, 0.25) is 0 Å². The van der Waals surface area contributed by atoms with Gasteiger partial charge in [-0.1, -0.05) is 13.3 Å². The SMILES string of the molecule is CC[C@H]1c2ccsc2CC[NH+]1Cn1nc2n(c1=S)CCCCC2. The van der Waals surface area contributed by atoms with Gasteiger partial charge < -0.3 is 9.47 Å². The van der Waals surface area contributed by atoms with Gasteiger partial charge in [-0.2, -0.15) is 9.78 Å². The highest BCUT2D eigenvalue weighted by molar-refractivity contribution is 7.71. The molecule has 0 fully saturated rings. The number of nitrogens with zero attached hydrogens (tertiary/aromatic N) is 3. The molecular formula is C17H25N4S2+. The molecule has 2 aromatic rings. The number of rotatable bonds is 3. The third-order valence-electron chi connectivity index (χ3n) is 5.36. The van der Waals surface area contributed by atoms with E-state index in [9.17, 15) is 0 Å². The lowest BCUT2D eigenvalue weighted by atomic mass is 9.98. The molecule has 0 radical (unpaired) electrons. The van der Waals surface area contributed by atoms with Crippen molar-refractivity contribution in [3.8, 4) is 0 Å². The second-order valence-electron chi connectivity index (χ2n) is 6.74. The molecule has 0 aliphatic carbocycles. The summed E-state index contributed by atoms with van der Waals surface area (Å²) in [5, 5.41) is 7.12. The lowest BCUT2D eigenvalue weighted by Gasteiger charge is -2.31. The quantitative estimate of drug-likeness (QED) is 0.863. The Labute approximate surface area is 146 Å². The highest BCUT2D eigenvalue weighted by Gasteiger charge is 2.31. The van der Waals surface area contributed by atoms with Gasteiger partial charge in [0.15, 0.2) is 6.67 Å². The van der Waals surface area contributed by atoms with Crippen LogP contribution in [0.5, 0.6) is 0 Å². The fourth-order valence-electron chi connectivity index (χ4n) is 4.15. The molecule has 1 unspecified atom stereocenters. The van der Waals surface area contributed by atoms with Crippen molar-refractivity contribution in [3.05, 3.63) is 32.5 Å². The first kappa shape index (κ1) is 15.5. The first-order chi connectivity index (χ1) is 11.3. The van der Waals surface area contributed by atoms with Gasteiger partial charge in [0.1, 0.15) is 11.9 Å². The molecule has 4 heterocycles. The van der Waals surface area contributed by atoms with E-state index in [1.807, 2.05) is 11.3 Å². The van der Waals surface area contributed by atoms with Crippen LogP contribution in [0.25, 0.3) is 0 Å². The molecule has 0 saturated carbocycles. The summed E-state index contributed by atoms with van der Waals surface area (Å²) in [4.78, 5) is 3.20. The van der Waals surface area contributed by atoms with Crippen molar-refractivity contribution in [3.63, 3.8) is 0 Å². The van der Waals surface area contributed by atoms with Gasteiger partial charge in [-0.05, 0) is 36.5 Å². The second-order valence-corrected chi connectivity index (χ2v) is 8.10. The zero-order valence-electron chi connectivity index (χ0n) is 13.8. The van der Waals surface area contributed by atoms with Crippen LogP contribution >= 0.6 is 23.6 Å². The van der Waals surface area contributed by atoms with Crippen molar-refractivity contribution in [2.24, 2.45) is 0 Å². The molecule has 1 N–H and O–H groups in total. The van der Waals surface area contributed by atoms with Crippen LogP contribution in [-0.2, 0) is 26.1 Å². The molecule has 0 spiro atoms. The van der Waals surface area contributed by atoms with Crippen LogP contribution in [0.15, 0.2) is 11.4 Å². The van der Waals surface area contributed by atoms with Crippen LogP contribution in [0.3, 0.4) is 0 Å². The lowest BCUT2D eigenvalue weighted by Crippen LogP contribution is -3.12. The van der Waals surface area contributed by atoms with Crippen molar-refractivity contribution in [1.82, 2.24) is 14.3 Å². The number of thiophene rings is 1. The van der Waals surface area contributed by atoms with E-state index >= 15 is 0 Å². The summed E-state index contributed by atoms with van der Waals surface area (Å²) in [6.07, 6.45) is 7.24. The molecule has 6 heteroatoms. The molecule has 0 bridgehead atoms. The molecule has 0 aromatic carbocycles. The van der Waals surface area contributed by atoms with E-state index in [0.717, 1.165) is 24.4 Å². The first-order valence-corrected chi connectivity index (χ1v) is 10.1. The van der Waals surface area contributed by atoms with Crippen molar-refractivity contribution in [1.29, 1.82) is 0 Å². The van der Waals surface area contributed by atoms with Gasteiger partial charge in [0.05, 0.1) is 6.54 Å². The van der Waals surface area contributed by atoms with Gasteiger partial charge in [0.2, 0.25) is 4.77 Å². The van der Waals surface area contributed by atoms with Gasteiger partial charge in [-0.25, -0.2) is 0 Å². The van der Waals surface area contributed by atoms with Crippen LogP contribution < -0.4 is 4.90 Å². The smallest absolute Gasteiger partial charge is 0.202 e. The summed E-state index contributed by atoms with van der Waals surface area (Å²) in [7, 11) is 0. The third-order valence-corrected chi connectivity index (χ3v) is 6.79. The minimum absolute atomic E-state index is 0.591. The molecule has 23 heavy (non-hydrogen) atoms. The van der Waals surface area contributed by atoms with E-state index in [2.05, 4.69) is 27.6 Å². The molecule has 2 aliphatic rings. The van der Waals surface area contributed by atoms with Crippen LogP contribution in [-0.4, -0.2) is 20.9 Å². The van der Waals surface area contributed by atoms with Crippen molar-refractivity contribution in [2.75, 3.05) is 6.54 Å². The average molecular weight is 350 g/mol. The molecule has 0 amide bonds. The van der Waals surface area contributed by atoms with Gasteiger partial charge >= 0.3 is 0 Å². The molecule has 4 rings (SSSR count). The summed E-state index contributed by atoms with van der Waals surface area (Å²) < 4.78 is 5.31. The Morgan fingerprint density at radius 3 is 3.13 bits per heavy atom. The monoisotopic (exact) mass is 349 g/mol. The average Bonchev–Trinajstić information content (AvgIpc) is 3.06. The molecule has 2 aromatic heterocycles. The summed E-state index contributed by atoms with van der Waals surface area (Å²) in [6.45, 7) is 5.46. The number of hydrogen-bond donors (Lipinski definition) is 1. The van der Waals surface area contributed by atoms with E-state index in [0.29, 0.717) is 6.04 Å². The van der Waals surface area contributed by atoms with Crippen LogP contribution in [0.1, 0.15) is 54.9 Å². The summed E-state index contributed by atoms with van der Waals surface area (Å²) in [5.41, 5.74) is 1.56. The van der Waals surface area contributed by atoms with Crippen molar-refractivity contribution >= 4 is 23.6 Å². The predicted molar refractivity (Wildman–Crippen MR) is 95.5 cm³/mol. The highest BCUT2D eigenvalue weighted by atomic mass is 32.1. The standard InChI is InChI=1S/C17H24N4S2/c1-2-14-13-8-11-23-15(13)7-10-19(14)12-21-17(22)20-9-5-3-4-6-16(20)18-21/h8,11,14H,2-7,9-10,12H2,1H3/p+1/t14-/m0/s1. The zero-order chi connectivity index (χ0) is 15.8. The first-order valence-electron chi connectivity index (χ1n) is 8.85. The molecular weight excluding hydrogens is 324 g/mol. The topological polar surface area (TPSA) is 27.2 Å². The van der Waals surface area contributed by atoms with Gasteiger partial charge in [0.25, 0.3) is 0 Å². The minimum atomic E-state index is 0.591. The largest absolute Gasteiger partial charge is 0.310 e. The maximum Gasteiger partial charge on any atom is 0.202 e. The molecule has 2 atom stereocenters. The second kappa shape index (κ2) is 6.49. The highest BCUT2D eigenvalue weighted by Crippen LogP contribution is 2.26. The fraction of sp³-hybridized carbons (Fsp3) is 0.647. The van der Waals surface area contributed by atoms with Crippen LogP contribution in [0.4, 0.5) is 0 Å². The third kappa shape index (κ3) is 2.81. The Hall–Kier alpha value is -0.980. The Kier molecular flexibility index (Phi) is 4.39. The normalized spacial score (nSPS) is 24.0. The van der Waals surface area contributed by atoms with Crippen molar-refractivity contribution in [2.45, 2.75) is 64.7 Å². The molecule has 124 valence electrons. The Balaban J connectivity index is 1.60. The van der Waals surface area contributed by atoms with Gasteiger partial charge in [-0.3, -0.25) is 0 Å². The van der Waals surface area contributed by atoms with Gasteiger partial charge in [0, 0.05) is 36.2 Å². The zero-order valence-corrected chi connectivity index (χ0v) is 15.4. The number of nitrogens with one attached hydrogen (secondary N) is 1. The maximum absolute atomic E-state index is 5.73. The number of aryl methyl sites for hydroxylation is 1. The number of quaternary nitrogens is 1. The number of aromatic nitrogens is 3. The minimum Gasteiger partial charge on any atom is -0.310 e. The Bertz CT molecular complexity index is 742. The fourth-order valence-corrected chi connectivity index (χ4v) is 5.40. The van der Waals surface area contributed by atoms with E-state index in [1.165, 1.54) is 44.5 Å². The summed E-state index contributed by atoms with van der Waals surface area (Å²) >= 11 is 7.65. The Morgan fingerprint density at radius 1 is 1.35 bits per heavy atom. The molecule has 4 nitrogen and oxygen atoms in total. The van der Waals surface area contributed by atoms with Gasteiger partial charge in [-0.15, -0.1) is 11.3 Å². The van der Waals surface area contributed by atoms with E-state index in [4.69, 9.17) is 17.3 Å². The molecule has 0 saturated heterocycles.